The Balaban J connectivity index is 2.19. The molecule has 0 aliphatic carbocycles. The van der Waals surface area contributed by atoms with Gasteiger partial charge in [0.25, 0.3) is 0 Å². The molecule has 0 atom stereocenters. The highest BCUT2D eigenvalue weighted by Crippen LogP contribution is 2.01. The van der Waals surface area contributed by atoms with Crippen molar-refractivity contribution in [3.8, 4) is 0 Å². The number of carbonyl (C=O) groups excluding carboxylic acids is 2. The zero-order valence-corrected chi connectivity index (χ0v) is 9.99. The summed E-state index contributed by atoms with van der Waals surface area (Å²) in [5.74, 6) is 0.124. The lowest BCUT2D eigenvalue weighted by atomic mass is 10.3. The Morgan fingerprint density at radius 3 is 2.82 bits per heavy atom. The molecular weight excluding hydrogens is 224 g/mol. The van der Waals surface area contributed by atoms with Crippen molar-refractivity contribution in [2.75, 3.05) is 6.61 Å². The molecule has 1 N–H and O–H groups in total. The molecule has 0 radical (unpaired) electrons. The topological polar surface area (TPSA) is 81.4 Å². The lowest BCUT2D eigenvalue weighted by Gasteiger charge is -2.02. The molecule has 0 aliphatic rings. The van der Waals surface area contributed by atoms with Crippen molar-refractivity contribution in [2.24, 2.45) is 0 Å². The van der Waals surface area contributed by atoms with E-state index in [1.807, 2.05) is 0 Å². The standard InChI is InChI=1S/C11H16N2O4/c1-3-16-11(15)5-4-10(14)12-7-9-6-8(2)17-13-9/h6H,3-5,7H2,1-2H3,(H,12,14). The third-order valence-electron chi connectivity index (χ3n) is 2.00. The summed E-state index contributed by atoms with van der Waals surface area (Å²) in [5, 5.41) is 6.37. The minimum atomic E-state index is -0.361. The number of aromatic nitrogens is 1. The van der Waals surface area contributed by atoms with E-state index in [1.54, 1.807) is 19.9 Å². The maximum absolute atomic E-state index is 11.4. The van der Waals surface area contributed by atoms with Crippen LogP contribution in [0.3, 0.4) is 0 Å². The minimum absolute atomic E-state index is 0.0948. The van der Waals surface area contributed by atoms with Crippen LogP contribution in [0.4, 0.5) is 0 Å². The summed E-state index contributed by atoms with van der Waals surface area (Å²) in [7, 11) is 0. The molecule has 1 aromatic rings. The van der Waals surface area contributed by atoms with Gasteiger partial charge >= 0.3 is 5.97 Å². The molecule has 0 fully saturated rings. The van der Waals surface area contributed by atoms with Gasteiger partial charge in [-0.25, -0.2) is 0 Å². The second-order valence-corrected chi connectivity index (χ2v) is 3.51. The molecule has 0 saturated carbocycles. The van der Waals surface area contributed by atoms with Gasteiger partial charge in [0.2, 0.25) is 5.91 Å². The summed E-state index contributed by atoms with van der Waals surface area (Å²) < 4.78 is 9.56. The zero-order chi connectivity index (χ0) is 12.7. The van der Waals surface area contributed by atoms with Crippen LogP contribution >= 0.6 is 0 Å². The van der Waals surface area contributed by atoms with Gasteiger partial charge in [0.05, 0.1) is 19.6 Å². The third-order valence-corrected chi connectivity index (χ3v) is 2.00. The predicted octanol–water partition coefficient (Wildman–Crippen LogP) is 0.943. The summed E-state index contributed by atoms with van der Waals surface area (Å²) in [6.07, 6.45) is 0.215. The quantitative estimate of drug-likeness (QED) is 0.748. The van der Waals surface area contributed by atoms with Crippen LogP contribution in [0.2, 0.25) is 0 Å². The third kappa shape index (κ3) is 5.14. The highest BCUT2D eigenvalue weighted by Gasteiger charge is 2.08. The highest BCUT2D eigenvalue weighted by molar-refractivity contribution is 5.81. The molecular formula is C11H16N2O4. The lowest BCUT2D eigenvalue weighted by Crippen LogP contribution is -2.23. The molecule has 0 aliphatic heterocycles. The van der Waals surface area contributed by atoms with Gasteiger partial charge in [-0.2, -0.15) is 0 Å². The number of nitrogens with zero attached hydrogens (tertiary/aromatic N) is 1. The van der Waals surface area contributed by atoms with E-state index in [1.165, 1.54) is 0 Å². The van der Waals surface area contributed by atoms with Gasteiger partial charge in [0.15, 0.2) is 0 Å². The molecule has 6 nitrogen and oxygen atoms in total. The number of ether oxygens (including phenoxy) is 1. The Morgan fingerprint density at radius 1 is 1.47 bits per heavy atom. The van der Waals surface area contributed by atoms with Gasteiger partial charge in [-0.3, -0.25) is 9.59 Å². The van der Waals surface area contributed by atoms with Crippen LogP contribution < -0.4 is 5.32 Å². The summed E-state index contributed by atoms with van der Waals surface area (Å²) in [6, 6.07) is 1.74. The van der Waals surface area contributed by atoms with Gasteiger partial charge in [0, 0.05) is 12.5 Å². The van der Waals surface area contributed by atoms with Gasteiger partial charge in [-0.15, -0.1) is 0 Å². The van der Waals surface area contributed by atoms with Crippen molar-refractivity contribution in [1.82, 2.24) is 10.5 Å². The maximum Gasteiger partial charge on any atom is 0.306 e. The molecule has 0 unspecified atom stereocenters. The van der Waals surface area contributed by atoms with E-state index in [-0.39, 0.29) is 24.7 Å². The van der Waals surface area contributed by atoms with Crippen LogP contribution in [0, 0.1) is 6.92 Å². The molecule has 6 heteroatoms. The normalized spacial score (nSPS) is 10.0. The number of rotatable bonds is 6. The smallest absolute Gasteiger partial charge is 0.306 e. The molecule has 94 valence electrons. The highest BCUT2D eigenvalue weighted by atomic mass is 16.5. The molecule has 1 rings (SSSR count). The van der Waals surface area contributed by atoms with Crippen LogP contribution in [0.15, 0.2) is 10.6 Å². The SMILES string of the molecule is CCOC(=O)CCC(=O)NCc1cc(C)on1. The summed E-state index contributed by atoms with van der Waals surface area (Å²) >= 11 is 0. The molecule has 0 saturated heterocycles. The van der Waals surface area contributed by atoms with Crippen LogP contribution in [-0.4, -0.2) is 23.6 Å². The average Bonchev–Trinajstić information content (AvgIpc) is 2.70. The Hall–Kier alpha value is -1.85. The van der Waals surface area contributed by atoms with Crippen molar-refractivity contribution in [1.29, 1.82) is 0 Å². The second-order valence-electron chi connectivity index (χ2n) is 3.51. The molecule has 1 amide bonds. The van der Waals surface area contributed by atoms with E-state index >= 15 is 0 Å². The van der Waals surface area contributed by atoms with E-state index in [0.717, 1.165) is 0 Å². The van der Waals surface area contributed by atoms with Gasteiger partial charge in [-0.1, -0.05) is 5.16 Å². The largest absolute Gasteiger partial charge is 0.466 e. The lowest BCUT2D eigenvalue weighted by molar-refractivity contribution is -0.144. The van der Waals surface area contributed by atoms with Gasteiger partial charge < -0.3 is 14.6 Å². The van der Waals surface area contributed by atoms with E-state index < -0.39 is 0 Å². The maximum atomic E-state index is 11.4. The first-order chi connectivity index (χ1) is 8.11. The van der Waals surface area contributed by atoms with Crippen LogP contribution in [0.25, 0.3) is 0 Å². The van der Waals surface area contributed by atoms with Crippen molar-refractivity contribution < 1.29 is 18.8 Å². The summed E-state index contributed by atoms with van der Waals surface area (Å²) in [5.41, 5.74) is 0.659. The molecule has 0 bridgehead atoms. The monoisotopic (exact) mass is 240 g/mol. The Kier molecular flexibility index (Phi) is 5.19. The number of hydrogen-bond donors (Lipinski definition) is 1. The van der Waals surface area contributed by atoms with Crippen molar-refractivity contribution in [3.63, 3.8) is 0 Å². The van der Waals surface area contributed by atoms with E-state index in [0.29, 0.717) is 24.6 Å². The molecule has 1 aromatic heterocycles. The average molecular weight is 240 g/mol. The van der Waals surface area contributed by atoms with Gasteiger partial charge in [-0.05, 0) is 13.8 Å². The molecule has 0 aromatic carbocycles. The van der Waals surface area contributed by atoms with Crippen molar-refractivity contribution in [2.45, 2.75) is 33.2 Å². The van der Waals surface area contributed by atoms with Crippen LogP contribution in [-0.2, 0) is 20.9 Å². The fourth-order valence-electron chi connectivity index (χ4n) is 1.23. The first-order valence-corrected chi connectivity index (χ1v) is 5.46. The fourth-order valence-corrected chi connectivity index (χ4v) is 1.23. The Morgan fingerprint density at radius 2 is 2.24 bits per heavy atom. The van der Waals surface area contributed by atoms with E-state index in [9.17, 15) is 9.59 Å². The molecule has 17 heavy (non-hydrogen) atoms. The molecule has 1 heterocycles. The van der Waals surface area contributed by atoms with Gasteiger partial charge in [0.1, 0.15) is 11.5 Å². The van der Waals surface area contributed by atoms with Crippen LogP contribution in [0.5, 0.6) is 0 Å². The van der Waals surface area contributed by atoms with Crippen molar-refractivity contribution >= 4 is 11.9 Å². The Bertz CT molecular complexity index is 387. The van der Waals surface area contributed by atoms with E-state index in [2.05, 4.69) is 10.5 Å². The summed E-state index contributed by atoms with van der Waals surface area (Å²) in [6.45, 7) is 4.14. The number of nitrogens with one attached hydrogen (secondary N) is 1. The van der Waals surface area contributed by atoms with Crippen molar-refractivity contribution in [3.05, 3.63) is 17.5 Å². The number of esters is 1. The number of amides is 1. The first kappa shape index (κ1) is 13.2. The summed E-state index contributed by atoms with van der Waals surface area (Å²) in [4.78, 5) is 22.4. The fraction of sp³-hybridized carbons (Fsp3) is 0.545. The first-order valence-electron chi connectivity index (χ1n) is 5.46. The number of carbonyl (C=O) groups is 2. The Labute approximate surface area is 99.3 Å². The molecule has 0 spiro atoms. The minimum Gasteiger partial charge on any atom is -0.466 e. The zero-order valence-electron chi connectivity index (χ0n) is 9.99. The number of aryl methyl sites for hydroxylation is 1. The van der Waals surface area contributed by atoms with E-state index in [4.69, 9.17) is 9.26 Å². The second kappa shape index (κ2) is 6.67. The predicted molar refractivity (Wildman–Crippen MR) is 59.0 cm³/mol. The van der Waals surface area contributed by atoms with Crippen LogP contribution in [0.1, 0.15) is 31.2 Å². The number of hydrogen-bond acceptors (Lipinski definition) is 5.